The van der Waals surface area contributed by atoms with E-state index in [-0.39, 0.29) is 23.3 Å². The third kappa shape index (κ3) is 4.24. The van der Waals surface area contributed by atoms with Crippen LogP contribution in [0.1, 0.15) is 30.9 Å². The normalized spacial score (nSPS) is 17.7. The van der Waals surface area contributed by atoms with Gasteiger partial charge in [0.1, 0.15) is 0 Å². The van der Waals surface area contributed by atoms with Crippen LogP contribution in [0.4, 0.5) is 0 Å². The van der Waals surface area contributed by atoms with E-state index in [4.69, 9.17) is 0 Å². The Bertz CT molecular complexity index is 799. The third-order valence-corrected chi connectivity index (χ3v) is 6.52. The number of piperazine rings is 1. The summed E-state index contributed by atoms with van der Waals surface area (Å²) in [5.74, 6) is -0.278. The van der Waals surface area contributed by atoms with Crippen LogP contribution in [-0.4, -0.2) is 62.8 Å². The van der Waals surface area contributed by atoms with Crippen LogP contribution in [0.25, 0.3) is 0 Å². The second-order valence-corrected chi connectivity index (χ2v) is 8.62. The molecule has 7 nitrogen and oxygen atoms in total. The Hall–Kier alpha value is -1.93. The summed E-state index contributed by atoms with van der Waals surface area (Å²) in [6.45, 7) is 3.07. The maximum Gasteiger partial charge on any atom is 0.241 e. The molecule has 1 fully saturated rings. The lowest BCUT2D eigenvalue weighted by Crippen LogP contribution is -2.52. The number of sulfonamides is 1. The number of carbonyl (C=O) groups excluding carboxylic acids is 2. The van der Waals surface area contributed by atoms with E-state index >= 15 is 0 Å². The van der Waals surface area contributed by atoms with Crippen LogP contribution in [0, 0.1) is 0 Å². The highest BCUT2D eigenvalue weighted by molar-refractivity contribution is 7.89. The molecule has 1 heterocycles. The lowest BCUT2D eigenvalue weighted by Gasteiger charge is -2.34. The highest BCUT2D eigenvalue weighted by Gasteiger charge is 2.24. The minimum absolute atomic E-state index is 0.00906. The van der Waals surface area contributed by atoms with Gasteiger partial charge in [0.2, 0.25) is 21.8 Å². The first-order chi connectivity index (χ1) is 12.4. The molecule has 1 saturated heterocycles. The number of benzene rings is 1. The van der Waals surface area contributed by atoms with Crippen molar-refractivity contribution in [3.05, 3.63) is 29.3 Å². The van der Waals surface area contributed by atoms with Crippen molar-refractivity contribution < 1.29 is 18.0 Å². The maximum atomic E-state index is 12.5. The van der Waals surface area contributed by atoms with Crippen molar-refractivity contribution in [2.24, 2.45) is 0 Å². The van der Waals surface area contributed by atoms with Crippen molar-refractivity contribution in [3.8, 4) is 0 Å². The number of aryl methyl sites for hydroxylation is 2. The third-order valence-electron chi connectivity index (χ3n) is 5.12. The number of amides is 2. The van der Waals surface area contributed by atoms with Crippen LogP contribution in [0.15, 0.2) is 23.1 Å². The quantitative estimate of drug-likeness (QED) is 0.827. The molecule has 2 amide bonds. The molecule has 1 aromatic rings. The average Bonchev–Trinajstić information content (AvgIpc) is 2.65. The second kappa shape index (κ2) is 7.75. The molecule has 142 valence electrons. The van der Waals surface area contributed by atoms with E-state index in [0.29, 0.717) is 26.2 Å². The number of rotatable bonds is 4. The van der Waals surface area contributed by atoms with E-state index in [1.54, 1.807) is 21.9 Å². The average molecular weight is 379 g/mol. The van der Waals surface area contributed by atoms with Crippen molar-refractivity contribution in [1.82, 2.24) is 14.5 Å². The van der Waals surface area contributed by atoms with Gasteiger partial charge in [0, 0.05) is 33.1 Å². The molecular weight excluding hydrogens is 354 g/mol. The van der Waals surface area contributed by atoms with Gasteiger partial charge in [-0.15, -0.1) is 0 Å². The van der Waals surface area contributed by atoms with Crippen LogP contribution in [0.2, 0.25) is 0 Å². The van der Waals surface area contributed by atoms with Crippen LogP contribution < -0.4 is 4.72 Å². The predicted octanol–water partition coefficient (Wildman–Crippen LogP) is 0.534. The van der Waals surface area contributed by atoms with E-state index in [0.717, 1.165) is 31.2 Å². The molecule has 1 aromatic carbocycles. The number of hydrogen-bond acceptors (Lipinski definition) is 4. The molecule has 8 heteroatoms. The number of fused-ring (bicyclic) bond motifs is 1. The zero-order chi connectivity index (χ0) is 18.7. The first-order valence-corrected chi connectivity index (χ1v) is 10.5. The Morgan fingerprint density at radius 1 is 1.00 bits per heavy atom. The highest BCUT2D eigenvalue weighted by atomic mass is 32.2. The zero-order valence-electron chi connectivity index (χ0n) is 15.0. The number of nitrogens with one attached hydrogen (secondary N) is 1. The number of hydrogen-bond donors (Lipinski definition) is 1. The molecule has 1 N–H and O–H groups in total. The molecule has 0 spiro atoms. The Morgan fingerprint density at radius 2 is 1.62 bits per heavy atom. The van der Waals surface area contributed by atoms with Crippen LogP contribution in [-0.2, 0) is 32.5 Å². The summed E-state index contributed by atoms with van der Waals surface area (Å²) in [5, 5.41) is 0. The summed E-state index contributed by atoms with van der Waals surface area (Å²) >= 11 is 0. The Balaban J connectivity index is 1.58. The Labute approximate surface area is 154 Å². The van der Waals surface area contributed by atoms with Gasteiger partial charge in [-0.3, -0.25) is 9.59 Å². The summed E-state index contributed by atoms with van der Waals surface area (Å²) in [7, 11) is -3.71. The number of nitrogens with zero attached hydrogens (tertiary/aromatic N) is 2. The fourth-order valence-electron chi connectivity index (χ4n) is 3.50. The SMILES string of the molecule is CC(=O)N1CCN(C(=O)CNS(=O)(=O)c2ccc3c(c2)CCCC3)CC1. The van der Waals surface area contributed by atoms with Gasteiger partial charge >= 0.3 is 0 Å². The summed E-state index contributed by atoms with van der Waals surface area (Å²) in [6.07, 6.45) is 4.11. The zero-order valence-corrected chi connectivity index (χ0v) is 15.8. The molecule has 26 heavy (non-hydrogen) atoms. The van der Waals surface area contributed by atoms with Crippen LogP contribution >= 0.6 is 0 Å². The van der Waals surface area contributed by atoms with Gasteiger partial charge in [0.05, 0.1) is 11.4 Å². The van der Waals surface area contributed by atoms with Gasteiger partial charge in [0.25, 0.3) is 0 Å². The van der Waals surface area contributed by atoms with Crippen molar-refractivity contribution in [1.29, 1.82) is 0 Å². The summed E-state index contributed by atoms with van der Waals surface area (Å²) in [4.78, 5) is 27.1. The molecular formula is C18H25N3O4S. The molecule has 0 unspecified atom stereocenters. The summed E-state index contributed by atoms with van der Waals surface area (Å²) in [5.41, 5.74) is 2.31. The van der Waals surface area contributed by atoms with E-state index in [1.807, 2.05) is 6.07 Å². The smallest absolute Gasteiger partial charge is 0.241 e. The minimum Gasteiger partial charge on any atom is -0.339 e. The van der Waals surface area contributed by atoms with E-state index in [9.17, 15) is 18.0 Å². The van der Waals surface area contributed by atoms with Crippen molar-refractivity contribution >= 4 is 21.8 Å². The largest absolute Gasteiger partial charge is 0.339 e. The highest BCUT2D eigenvalue weighted by Crippen LogP contribution is 2.24. The molecule has 1 aliphatic carbocycles. The van der Waals surface area contributed by atoms with Gasteiger partial charge in [-0.1, -0.05) is 6.07 Å². The molecule has 1 aliphatic heterocycles. The minimum atomic E-state index is -3.71. The van der Waals surface area contributed by atoms with Gasteiger partial charge in [0.15, 0.2) is 0 Å². The topological polar surface area (TPSA) is 86.8 Å². The summed E-state index contributed by atoms with van der Waals surface area (Å²) < 4.78 is 27.4. The number of carbonyl (C=O) groups is 2. The van der Waals surface area contributed by atoms with E-state index in [1.165, 1.54) is 12.5 Å². The van der Waals surface area contributed by atoms with Gasteiger partial charge < -0.3 is 9.80 Å². The fourth-order valence-corrected chi connectivity index (χ4v) is 4.52. The lowest BCUT2D eigenvalue weighted by molar-refractivity contribution is -0.137. The molecule has 3 rings (SSSR count). The molecule has 0 atom stereocenters. The monoisotopic (exact) mass is 379 g/mol. The van der Waals surface area contributed by atoms with Crippen molar-refractivity contribution in [3.63, 3.8) is 0 Å². The van der Waals surface area contributed by atoms with Crippen molar-refractivity contribution in [2.75, 3.05) is 32.7 Å². The second-order valence-electron chi connectivity index (χ2n) is 6.85. The van der Waals surface area contributed by atoms with Crippen LogP contribution in [0.5, 0.6) is 0 Å². The standard InChI is InChI=1S/C18H25N3O4S/c1-14(22)20-8-10-21(11-9-20)18(23)13-19-26(24,25)17-7-6-15-4-2-3-5-16(15)12-17/h6-7,12,19H,2-5,8-11,13H2,1H3. The van der Waals surface area contributed by atoms with Gasteiger partial charge in [-0.25, -0.2) is 13.1 Å². The molecule has 2 aliphatic rings. The Morgan fingerprint density at radius 3 is 2.27 bits per heavy atom. The fraction of sp³-hybridized carbons (Fsp3) is 0.556. The first-order valence-electron chi connectivity index (χ1n) is 9.01. The first kappa shape index (κ1) is 18.8. The maximum absolute atomic E-state index is 12.5. The van der Waals surface area contributed by atoms with Crippen LogP contribution in [0.3, 0.4) is 0 Å². The Kier molecular flexibility index (Phi) is 5.62. The van der Waals surface area contributed by atoms with E-state index in [2.05, 4.69) is 4.72 Å². The molecule has 0 saturated carbocycles. The van der Waals surface area contributed by atoms with Gasteiger partial charge in [-0.2, -0.15) is 0 Å². The molecule has 0 bridgehead atoms. The lowest BCUT2D eigenvalue weighted by atomic mass is 9.92. The predicted molar refractivity (Wildman–Crippen MR) is 97.1 cm³/mol. The molecule has 0 radical (unpaired) electrons. The van der Waals surface area contributed by atoms with E-state index < -0.39 is 10.0 Å². The molecule has 0 aromatic heterocycles. The van der Waals surface area contributed by atoms with Crippen molar-refractivity contribution in [2.45, 2.75) is 37.5 Å². The van der Waals surface area contributed by atoms with Gasteiger partial charge in [-0.05, 0) is 48.9 Å². The summed E-state index contributed by atoms with van der Waals surface area (Å²) in [6, 6.07) is 5.22.